The van der Waals surface area contributed by atoms with Gasteiger partial charge < -0.3 is 10.0 Å². The molecule has 0 radical (unpaired) electrons. The molecule has 84 valence electrons. The molecule has 0 amide bonds. The van der Waals surface area contributed by atoms with Crippen LogP contribution in [0.1, 0.15) is 5.56 Å². The van der Waals surface area contributed by atoms with Crippen LogP contribution in [0.2, 0.25) is 0 Å². The van der Waals surface area contributed by atoms with E-state index in [0.29, 0.717) is 11.4 Å². The molecule has 1 heterocycles. The number of hydrogen-bond donors (Lipinski definition) is 1. The summed E-state index contributed by atoms with van der Waals surface area (Å²) in [6.45, 7) is 0. The first-order valence-corrected chi connectivity index (χ1v) is 5.10. The zero-order valence-electron chi connectivity index (χ0n) is 9.33. The van der Waals surface area contributed by atoms with Crippen molar-refractivity contribution in [2.24, 2.45) is 0 Å². The number of benzene rings is 1. The highest BCUT2D eigenvalue weighted by Gasteiger charge is 2.09. The number of aromatic nitrogens is 1. The van der Waals surface area contributed by atoms with Crippen LogP contribution in [-0.2, 0) is 0 Å². The summed E-state index contributed by atoms with van der Waals surface area (Å²) in [7, 11) is 1.83. The maximum Gasteiger partial charge on any atom is 0.150 e. The molecule has 0 fully saturated rings. The van der Waals surface area contributed by atoms with E-state index in [-0.39, 0.29) is 5.75 Å². The second-order valence-corrected chi connectivity index (χ2v) is 3.56. The smallest absolute Gasteiger partial charge is 0.150 e. The van der Waals surface area contributed by atoms with E-state index < -0.39 is 0 Å². The van der Waals surface area contributed by atoms with E-state index in [1.165, 1.54) is 0 Å². The highest BCUT2D eigenvalue weighted by Crippen LogP contribution is 2.25. The fourth-order valence-corrected chi connectivity index (χ4v) is 1.55. The molecule has 0 bridgehead atoms. The zero-order chi connectivity index (χ0) is 12.3. The molecule has 0 saturated heterocycles. The third kappa shape index (κ3) is 2.18. The Hall–Kier alpha value is -2.54. The van der Waals surface area contributed by atoms with Crippen molar-refractivity contribution in [2.75, 3.05) is 11.9 Å². The molecule has 17 heavy (non-hydrogen) atoms. The molecule has 2 aromatic rings. The molecule has 0 aliphatic heterocycles. The van der Waals surface area contributed by atoms with Gasteiger partial charge in [-0.3, -0.25) is 0 Å². The predicted octanol–water partition coefficient (Wildman–Crippen LogP) is 2.43. The first kappa shape index (κ1) is 11.0. The lowest BCUT2D eigenvalue weighted by molar-refractivity contribution is 0.475. The van der Waals surface area contributed by atoms with Crippen LogP contribution in [0.15, 0.2) is 42.6 Å². The molecule has 0 aliphatic carbocycles. The lowest BCUT2D eigenvalue weighted by Gasteiger charge is -2.19. The lowest BCUT2D eigenvalue weighted by Crippen LogP contribution is -2.12. The largest absolute Gasteiger partial charge is 0.508 e. The van der Waals surface area contributed by atoms with Gasteiger partial charge >= 0.3 is 0 Å². The normalized spacial score (nSPS) is 9.65. The summed E-state index contributed by atoms with van der Waals surface area (Å²) >= 11 is 0. The van der Waals surface area contributed by atoms with E-state index in [1.54, 1.807) is 47.5 Å². The second kappa shape index (κ2) is 4.54. The van der Waals surface area contributed by atoms with Gasteiger partial charge in [-0.15, -0.1) is 0 Å². The van der Waals surface area contributed by atoms with E-state index in [2.05, 4.69) is 11.1 Å². The lowest BCUT2D eigenvalue weighted by atomic mass is 10.2. The molecular weight excluding hydrogens is 214 g/mol. The van der Waals surface area contributed by atoms with Gasteiger partial charge in [0.05, 0.1) is 5.56 Å². The fourth-order valence-electron chi connectivity index (χ4n) is 1.55. The van der Waals surface area contributed by atoms with Gasteiger partial charge in [0.25, 0.3) is 0 Å². The number of nitriles is 1. The topological polar surface area (TPSA) is 60.1 Å². The molecule has 1 aromatic carbocycles. The standard InChI is InChI=1S/C13H11N3O/c1-16(11-4-6-12(17)7-5-11)13-10(9-14)3-2-8-15-13/h2-8,17H,1H3. The summed E-state index contributed by atoms with van der Waals surface area (Å²) < 4.78 is 0. The molecule has 4 nitrogen and oxygen atoms in total. The SMILES string of the molecule is CN(c1ccc(O)cc1)c1ncccc1C#N. The Balaban J connectivity index is 2.40. The molecule has 1 N–H and O–H groups in total. The fraction of sp³-hybridized carbons (Fsp3) is 0.0769. The van der Waals surface area contributed by atoms with Gasteiger partial charge in [-0.05, 0) is 36.4 Å². The van der Waals surface area contributed by atoms with Crippen molar-refractivity contribution in [1.82, 2.24) is 4.98 Å². The van der Waals surface area contributed by atoms with E-state index in [4.69, 9.17) is 5.26 Å². The Morgan fingerprint density at radius 1 is 1.24 bits per heavy atom. The third-order valence-electron chi connectivity index (χ3n) is 2.46. The summed E-state index contributed by atoms with van der Waals surface area (Å²) in [5.41, 5.74) is 1.38. The summed E-state index contributed by atoms with van der Waals surface area (Å²) in [5, 5.41) is 18.2. The number of phenols is 1. The van der Waals surface area contributed by atoms with Crippen molar-refractivity contribution < 1.29 is 5.11 Å². The van der Waals surface area contributed by atoms with Crippen LogP contribution >= 0.6 is 0 Å². The summed E-state index contributed by atoms with van der Waals surface area (Å²) in [4.78, 5) is 5.99. The summed E-state index contributed by atoms with van der Waals surface area (Å²) in [6, 6.07) is 12.3. The Morgan fingerprint density at radius 3 is 2.59 bits per heavy atom. The summed E-state index contributed by atoms with van der Waals surface area (Å²) in [5.74, 6) is 0.810. The quantitative estimate of drug-likeness (QED) is 0.852. The van der Waals surface area contributed by atoms with Gasteiger partial charge in [-0.1, -0.05) is 0 Å². The van der Waals surface area contributed by atoms with Crippen molar-refractivity contribution in [3.8, 4) is 11.8 Å². The van der Waals surface area contributed by atoms with Crippen molar-refractivity contribution >= 4 is 11.5 Å². The first-order valence-electron chi connectivity index (χ1n) is 5.10. The van der Waals surface area contributed by atoms with Crippen LogP contribution < -0.4 is 4.90 Å². The molecule has 0 spiro atoms. The van der Waals surface area contributed by atoms with E-state index >= 15 is 0 Å². The van der Waals surface area contributed by atoms with Crippen molar-refractivity contribution in [3.63, 3.8) is 0 Å². The number of rotatable bonds is 2. The van der Waals surface area contributed by atoms with Gasteiger partial charge in [0, 0.05) is 18.9 Å². The minimum Gasteiger partial charge on any atom is -0.508 e. The summed E-state index contributed by atoms with van der Waals surface area (Å²) in [6.07, 6.45) is 1.65. The molecule has 0 atom stereocenters. The van der Waals surface area contributed by atoms with Gasteiger partial charge in [0.15, 0.2) is 5.82 Å². The predicted molar refractivity (Wildman–Crippen MR) is 65.1 cm³/mol. The van der Waals surface area contributed by atoms with Crippen molar-refractivity contribution in [2.45, 2.75) is 0 Å². The van der Waals surface area contributed by atoms with Crippen LogP contribution in [0.25, 0.3) is 0 Å². The Morgan fingerprint density at radius 2 is 1.94 bits per heavy atom. The highest BCUT2D eigenvalue weighted by atomic mass is 16.3. The van der Waals surface area contributed by atoms with Gasteiger partial charge in [-0.25, -0.2) is 4.98 Å². The van der Waals surface area contributed by atoms with E-state index in [0.717, 1.165) is 5.69 Å². The van der Waals surface area contributed by atoms with Gasteiger partial charge in [0.1, 0.15) is 11.8 Å². The minimum atomic E-state index is 0.212. The third-order valence-corrected chi connectivity index (χ3v) is 2.46. The average Bonchev–Trinajstić information content (AvgIpc) is 2.39. The van der Waals surface area contributed by atoms with E-state index in [9.17, 15) is 5.11 Å². The van der Waals surface area contributed by atoms with Crippen LogP contribution in [0.5, 0.6) is 5.75 Å². The molecule has 0 aliphatic rings. The number of hydrogen-bond acceptors (Lipinski definition) is 4. The number of anilines is 2. The maximum atomic E-state index is 9.22. The van der Waals surface area contributed by atoms with E-state index in [1.807, 2.05) is 7.05 Å². The molecule has 0 saturated carbocycles. The molecule has 4 heteroatoms. The zero-order valence-corrected chi connectivity index (χ0v) is 9.33. The highest BCUT2D eigenvalue weighted by molar-refractivity contribution is 5.65. The Labute approximate surface area is 99.4 Å². The Kier molecular flexibility index (Phi) is 2.93. The molecule has 2 rings (SSSR count). The van der Waals surface area contributed by atoms with Crippen LogP contribution in [0, 0.1) is 11.3 Å². The first-order chi connectivity index (χ1) is 8.22. The minimum absolute atomic E-state index is 0.212. The average molecular weight is 225 g/mol. The molecule has 0 unspecified atom stereocenters. The number of nitrogens with zero attached hydrogens (tertiary/aromatic N) is 3. The van der Waals surface area contributed by atoms with Crippen LogP contribution in [0.3, 0.4) is 0 Å². The number of pyridine rings is 1. The van der Waals surface area contributed by atoms with Crippen molar-refractivity contribution in [3.05, 3.63) is 48.2 Å². The molecule has 1 aromatic heterocycles. The molecular formula is C13H11N3O. The monoisotopic (exact) mass is 225 g/mol. The Bertz CT molecular complexity index is 558. The van der Waals surface area contributed by atoms with Crippen molar-refractivity contribution in [1.29, 1.82) is 5.26 Å². The second-order valence-electron chi connectivity index (χ2n) is 3.56. The van der Waals surface area contributed by atoms with Crippen LogP contribution in [-0.4, -0.2) is 17.1 Å². The maximum absolute atomic E-state index is 9.22. The van der Waals surface area contributed by atoms with Gasteiger partial charge in [0.2, 0.25) is 0 Å². The number of phenolic OH excluding ortho intramolecular Hbond substituents is 1. The van der Waals surface area contributed by atoms with Gasteiger partial charge in [-0.2, -0.15) is 5.26 Å². The van der Waals surface area contributed by atoms with Crippen LogP contribution in [0.4, 0.5) is 11.5 Å². The number of aromatic hydroxyl groups is 1.